The Hall–Kier alpha value is -1.53. The molecule has 0 spiro atoms. The Kier molecular flexibility index (Phi) is 4.22. The number of hydrogen-bond donors (Lipinski definition) is 1. The SMILES string of the molecule is CCCNc1nc(SCc2ccco2)c2ccsc2n1. The average Bonchev–Trinajstić information content (AvgIpc) is 3.13. The van der Waals surface area contributed by atoms with Gasteiger partial charge in [-0.05, 0) is 30.0 Å². The highest BCUT2D eigenvalue weighted by molar-refractivity contribution is 7.98. The van der Waals surface area contributed by atoms with Gasteiger partial charge in [0.1, 0.15) is 15.6 Å². The summed E-state index contributed by atoms with van der Waals surface area (Å²) in [6, 6.07) is 5.97. The highest BCUT2D eigenvalue weighted by Crippen LogP contribution is 2.31. The van der Waals surface area contributed by atoms with Crippen LogP contribution >= 0.6 is 23.1 Å². The molecule has 0 bridgehead atoms. The zero-order chi connectivity index (χ0) is 13.8. The van der Waals surface area contributed by atoms with Crippen LogP contribution in [0.25, 0.3) is 10.2 Å². The van der Waals surface area contributed by atoms with Crippen molar-refractivity contribution in [2.45, 2.75) is 24.1 Å². The summed E-state index contributed by atoms with van der Waals surface area (Å²) in [5.41, 5.74) is 0. The highest BCUT2D eigenvalue weighted by atomic mass is 32.2. The first-order valence-electron chi connectivity index (χ1n) is 6.51. The molecule has 0 saturated heterocycles. The number of fused-ring (bicyclic) bond motifs is 1. The van der Waals surface area contributed by atoms with Crippen molar-refractivity contribution in [1.82, 2.24) is 9.97 Å². The molecule has 0 atom stereocenters. The van der Waals surface area contributed by atoms with Gasteiger partial charge in [-0.2, -0.15) is 0 Å². The number of anilines is 1. The van der Waals surface area contributed by atoms with E-state index in [0.29, 0.717) is 5.95 Å². The van der Waals surface area contributed by atoms with Crippen LogP contribution in [-0.2, 0) is 5.75 Å². The van der Waals surface area contributed by atoms with E-state index < -0.39 is 0 Å². The van der Waals surface area contributed by atoms with E-state index in [1.807, 2.05) is 12.1 Å². The molecule has 0 unspecified atom stereocenters. The van der Waals surface area contributed by atoms with E-state index in [0.717, 1.165) is 39.7 Å². The lowest BCUT2D eigenvalue weighted by Crippen LogP contribution is -2.04. The third-order valence-corrected chi connectivity index (χ3v) is 4.57. The quantitative estimate of drug-likeness (QED) is 0.540. The Bertz CT molecular complexity index is 679. The van der Waals surface area contributed by atoms with Gasteiger partial charge in [0.15, 0.2) is 0 Å². The number of nitrogens with one attached hydrogen (secondary N) is 1. The summed E-state index contributed by atoms with van der Waals surface area (Å²) < 4.78 is 5.37. The van der Waals surface area contributed by atoms with E-state index in [1.165, 1.54) is 0 Å². The molecule has 0 aliphatic rings. The van der Waals surface area contributed by atoms with Crippen LogP contribution < -0.4 is 5.32 Å². The summed E-state index contributed by atoms with van der Waals surface area (Å²) in [7, 11) is 0. The van der Waals surface area contributed by atoms with Crippen molar-refractivity contribution in [2.24, 2.45) is 0 Å². The molecule has 3 rings (SSSR count). The van der Waals surface area contributed by atoms with Crippen molar-refractivity contribution in [1.29, 1.82) is 0 Å². The van der Waals surface area contributed by atoms with Gasteiger partial charge >= 0.3 is 0 Å². The standard InChI is InChI=1S/C14H15N3OS2/c1-2-6-15-14-16-12-11(5-8-19-12)13(17-14)20-9-10-4-3-7-18-10/h3-5,7-8H,2,6,9H2,1H3,(H,15,16,17). The maximum atomic E-state index is 5.37. The van der Waals surface area contributed by atoms with Gasteiger partial charge in [0, 0.05) is 11.9 Å². The van der Waals surface area contributed by atoms with Gasteiger partial charge in [-0.3, -0.25) is 0 Å². The number of thiophene rings is 1. The van der Waals surface area contributed by atoms with Gasteiger partial charge in [0.2, 0.25) is 5.95 Å². The van der Waals surface area contributed by atoms with Crippen molar-refractivity contribution >= 4 is 39.3 Å². The molecular weight excluding hydrogens is 290 g/mol. The van der Waals surface area contributed by atoms with Crippen LogP contribution in [0, 0.1) is 0 Å². The minimum atomic E-state index is 0.712. The van der Waals surface area contributed by atoms with Crippen molar-refractivity contribution < 1.29 is 4.42 Å². The van der Waals surface area contributed by atoms with Crippen LogP contribution in [-0.4, -0.2) is 16.5 Å². The van der Waals surface area contributed by atoms with Gasteiger partial charge in [-0.1, -0.05) is 18.7 Å². The highest BCUT2D eigenvalue weighted by Gasteiger charge is 2.10. The Morgan fingerprint density at radius 3 is 3.10 bits per heavy atom. The molecule has 3 aromatic heterocycles. The van der Waals surface area contributed by atoms with E-state index in [9.17, 15) is 0 Å². The fourth-order valence-electron chi connectivity index (χ4n) is 1.79. The molecule has 0 aromatic carbocycles. The number of aromatic nitrogens is 2. The largest absolute Gasteiger partial charge is 0.468 e. The summed E-state index contributed by atoms with van der Waals surface area (Å²) in [4.78, 5) is 10.2. The van der Waals surface area contributed by atoms with E-state index in [2.05, 4.69) is 33.7 Å². The topological polar surface area (TPSA) is 51.0 Å². The van der Waals surface area contributed by atoms with Crippen LogP contribution in [0.3, 0.4) is 0 Å². The zero-order valence-corrected chi connectivity index (χ0v) is 12.8. The second-order valence-electron chi connectivity index (χ2n) is 4.29. The third kappa shape index (κ3) is 2.96. The first-order chi connectivity index (χ1) is 9.86. The lowest BCUT2D eigenvalue weighted by atomic mass is 10.4. The van der Waals surface area contributed by atoms with E-state index in [4.69, 9.17) is 4.42 Å². The van der Waals surface area contributed by atoms with Crippen molar-refractivity contribution in [3.63, 3.8) is 0 Å². The van der Waals surface area contributed by atoms with E-state index in [1.54, 1.807) is 29.4 Å². The first-order valence-corrected chi connectivity index (χ1v) is 8.37. The molecule has 4 nitrogen and oxygen atoms in total. The summed E-state index contributed by atoms with van der Waals surface area (Å²) in [6.07, 6.45) is 2.75. The Labute approximate surface area is 125 Å². The second-order valence-corrected chi connectivity index (χ2v) is 6.15. The van der Waals surface area contributed by atoms with Crippen LogP contribution in [0.4, 0.5) is 5.95 Å². The number of rotatable bonds is 6. The molecule has 104 valence electrons. The molecule has 0 saturated carbocycles. The van der Waals surface area contributed by atoms with E-state index >= 15 is 0 Å². The maximum Gasteiger partial charge on any atom is 0.225 e. The van der Waals surface area contributed by atoms with Crippen LogP contribution in [0.2, 0.25) is 0 Å². The van der Waals surface area contributed by atoms with Gasteiger partial charge in [0.05, 0.1) is 12.0 Å². The summed E-state index contributed by atoms with van der Waals surface area (Å²) in [5, 5.41) is 7.44. The van der Waals surface area contributed by atoms with Crippen LogP contribution in [0.5, 0.6) is 0 Å². The molecule has 6 heteroatoms. The van der Waals surface area contributed by atoms with Gasteiger partial charge in [-0.25, -0.2) is 9.97 Å². The molecule has 0 fully saturated rings. The number of thioether (sulfide) groups is 1. The molecule has 1 N–H and O–H groups in total. The smallest absolute Gasteiger partial charge is 0.225 e. The van der Waals surface area contributed by atoms with Crippen LogP contribution in [0.15, 0.2) is 39.3 Å². The Morgan fingerprint density at radius 1 is 1.35 bits per heavy atom. The van der Waals surface area contributed by atoms with Crippen LogP contribution in [0.1, 0.15) is 19.1 Å². The Balaban J connectivity index is 1.85. The average molecular weight is 305 g/mol. The summed E-state index contributed by atoms with van der Waals surface area (Å²) in [6.45, 7) is 3.02. The summed E-state index contributed by atoms with van der Waals surface area (Å²) >= 11 is 3.33. The normalized spacial score (nSPS) is 11.1. The molecular formula is C14H15N3OS2. The monoisotopic (exact) mass is 305 g/mol. The lowest BCUT2D eigenvalue weighted by molar-refractivity contribution is 0.530. The van der Waals surface area contributed by atoms with Crippen molar-refractivity contribution in [3.05, 3.63) is 35.6 Å². The second kappa shape index (κ2) is 6.28. The van der Waals surface area contributed by atoms with Crippen molar-refractivity contribution in [2.75, 3.05) is 11.9 Å². The molecule has 0 aliphatic carbocycles. The molecule has 3 aromatic rings. The minimum Gasteiger partial charge on any atom is -0.468 e. The predicted octanol–water partition coefficient (Wildman–Crippen LogP) is 4.40. The number of furan rings is 1. The molecule has 0 radical (unpaired) electrons. The fraction of sp³-hybridized carbons (Fsp3) is 0.286. The predicted molar refractivity (Wildman–Crippen MR) is 84.5 cm³/mol. The summed E-state index contributed by atoms with van der Waals surface area (Å²) in [5.74, 6) is 2.45. The molecule has 0 aliphatic heterocycles. The van der Waals surface area contributed by atoms with Gasteiger partial charge < -0.3 is 9.73 Å². The number of nitrogens with zero attached hydrogens (tertiary/aromatic N) is 2. The van der Waals surface area contributed by atoms with E-state index in [-0.39, 0.29) is 0 Å². The molecule has 0 amide bonds. The van der Waals surface area contributed by atoms with Crippen molar-refractivity contribution in [3.8, 4) is 0 Å². The number of hydrogen-bond acceptors (Lipinski definition) is 6. The molecule has 3 heterocycles. The fourth-order valence-corrected chi connectivity index (χ4v) is 3.53. The minimum absolute atomic E-state index is 0.712. The maximum absolute atomic E-state index is 5.37. The van der Waals surface area contributed by atoms with Gasteiger partial charge in [0.25, 0.3) is 0 Å². The molecule has 20 heavy (non-hydrogen) atoms. The van der Waals surface area contributed by atoms with Gasteiger partial charge in [-0.15, -0.1) is 11.3 Å². The lowest BCUT2D eigenvalue weighted by Gasteiger charge is -2.06. The third-order valence-electron chi connectivity index (χ3n) is 2.75. The Morgan fingerprint density at radius 2 is 2.30 bits per heavy atom. The zero-order valence-electron chi connectivity index (χ0n) is 11.1. The first kappa shape index (κ1) is 13.5.